The van der Waals surface area contributed by atoms with E-state index < -0.39 is 106 Å². The second kappa shape index (κ2) is 36.7. The van der Waals surface area contributed by atoms with E-state index in [1.165, 1.54) is 104 Å². The van der Waals surface area contributed by atoms with Gasteiger partial charge in [-0.05, 0) is 180 Å². The van der Waals surface area contributed by atoms with E-state index in [0.29, 0.717) is 95.5 Å². The molecular formula is C95H73BrClF10N15O10. The number of nitrogens with zero attached hydrogens (tertiary/aromatic N) is 10. The van der Waals surface area contributed by atoms with Crippen LogP contribution in [0.4, 0.5) is 72.3 Å². The number of nitrogens with one attached hydrogen (secondary N) is 5. The zero-order valence-electron chi connectivity index (χ0n) is 71.0. The molecule has 5 unspecified atom stereocenters. The monoisotopic (exact) mass is 1890 g/mol. The zero-order chi connectivity index (χ0) is 93.9. The number of benzene rings is 10. The Morgan fingerprint density at radius 2 is 0.576 bits per heavy atom. The van der Waals surface area contributed by atoms with Gasteiger partial charge in [0.1, 0.15) is 34.9 Å². The Balaban J connectivity index is 0.000000120. The molecule has 5 amide bonds. The SMILES string of the molecule is COC1=C(C)C(c2c(F)ccc(F)c2Cl)N(c2ccc3nc[nH]c3c2)C1=O.COC1=C(C)C(c2c(F)cccc2F)N(c2ccc3nc[nH]c3c2)C1=O.COC1=C(C)C(c2cc(Br)ccc2F)N(c2ccc3nc[nH]c3c2)C1=O.COC1=C(C)C(c2cc(F)c(F)cc2F)N(c2ccc3nc[nH]c3c2)C1=O.COC1=C(C)C(c2cccc(F)c2F)N(c2ccc3nc[nH]c3c2)C1=O. The van der Waals surface area contributed by atoms with Crippen molar-refractivity contribution in [1.29, 1.82) is 0 Å². The number of aromatic nitrogens is 10. The lowest BCUT2D eigenvalue weighted by atomic mass is 9.99. The molecule has 0 saturated heterocycles. The maximum absolute atomic E-state index is 14.6. The van der Waals surface area contributed by atoms with Crippen LogP contribution in [-0.4, -0.2) is 115 Å². The van der Waals surface area contributed by atoms with Gasteiger partial charge in [-0.15, -0.1) is 0 Å². The number of anilines is 5. The summed E-state index contributed by atoms with van der Waals surface area (Å²) < 4.78 is 169. The van der Waals surface area contributed by atoms with E-state index in [0.717, 1.165) is 56.3 Å². The van der Waals surface area contributed by atoms with Gasteiger partial charge in [0.15, 0.2) is 52.1 Å². The normalized spacial score (nSPS) is 17.4. The summed E-state index contributed by atoms with van der Waals surface area (Å²) in [6.45, 7) is 8.34. The number of H-pyrrole nitrogens is 5. The van der Waals surface area contributed by atoms with Gasteiger partial charge in [-0.1, -0.05) is 45.7 Å². The van der Waals surface area contributed by atoms with Crippen LogP contribution in [0.1, 0.15) is 92.6 Å². The molecule has 10 heterocycles. The van der Waals surface area contributed by atoms with E-state index in [-0.39, 0.29) is 67.8 Å². The first-order valence-electron chi connectivity index (χ1n) is 40.1. The Hall–Kier alpha value is -15.3. The highest BCUT2D eigenvalue weighted by molar-refractivity contribution is 9.10. The van der Waals surface area contributed by atoms with E-state index in [1.54, 1.807) is 149 Å². The molecule has 0 fully saturated rings. The van der Waals surface area contributed by atoms with Gasteiger partial charge in [0.25, 0.3) is 29.5 Å². The maximum Gasteiger partial charge on any atom is 0.294 e. The molecule has 15 aromatic rings. The molecule has 5 N–H and O–H groups in total. The van der Waals surface area contributed by atoms with Crippen LogP contribution in [0, 0.1) is 58.2 Å². The minimum atomic E-state index is -1.29. The second-order valence-electron chi connectivity index (χ2n) is 30.5. The third-order valence-corrected chi connectivity index (χ3v) is 24.0. The smallest absolute Gasteiger partial charge is 0.294 e. The molecule has 5 aromatic heterocycles. The number of hydrogen-bond donors (Lipinski definition) is 5. The van der Waals surface area contributed by atoms with Crippen molar-refractivity contribution in [3.63, 3.8) is 0 Å². The Bertz CT molecular complexity index is 7250. The van der Waals surface area contributed by atoms with Crippen molar-refractivity contribution in [2.75, 3.05) is 60.0 Å². The average molecular weight is 1890 g/mol. The number of imidazole rings is 5. The van der Waals surface area contributed by atoms with E-state index >= 15 is 0 Å². The van der Waals surface area contributed by atoms with Gasteiger partial charge in [-0.25, -0.2) is 68.8 Å². The Morgan fingerprint density at radius 3 is 0.932 bits per heavy atom. The minimum absolute atomic E-state index is 0.0360. The Labute approximate surface area is 756 Å². The highest BCUT2D eigenvalue weighted by Gasteiger charge is 2.48. The van der Waals surface area contributed by atoms with Gasteiger partial charge < -0.3 is 48.6 Å². The van der Waals surface area contributed by atoms with Crippen LogP contribution >= 0.6 is 27.5 Å². The molecule has 20 rings (SSSR count). The molecule has 10 aromatic carbocycles. The largest absolute Gasteiger partial charge is 0.491 e. The summed E-state index contributed by atoms with van der Waals surface area (Å²) in [4.78, 5) is 107. The van der Waals surface area contributed by atoms with Gasteiger partial charge >= 0.3 is 0 Å². The molecule has 0 saturated carbocycles. The minimum Gasteiger partial charge on any atom is -0.491 e. The van der Waals surface area contributed by atoms with Crippen LogP contribution < -0.4 is 24.5 Å². The molecule has 0 spiro atoms. The van der Waals surface area contributed by atoms with Gasteiger partial charge in [-0.3, -0.25) is 48.5 Å². The number of halogens is 12. The van der Waals surface area contributed by atoms with Crippen molar-refractivity contribution in [2.45, 2.75) is 64.8 Å². The lowest BCUT2D eigenvalue weighted by Crippen LogP contribution is -2.31. The number of carbonyl (C=O) groups excluding carboxylic acids is 5. The second-order valence-corrected chi connectivity index (χ2v) is 31.8. The summed E-state index contributed by atoms with van der Waals surface area (Å²) in [6.07, 6.45) is 7.73. The highest BCUT2D eigenvalue weighted by Crippen LogP contribution is 2.50. The Morgan fingerprint density at radius 1 is 0.295 bits per heavy atom. The quantitative estimate of drug-likeness (QED) is 0.0471. The number of amides is 5. The van der Waals surface area contributed by atoms with Gasteiger partial charge in [0.2, 0.25) is 0 Å². The van der Waals surface area contributed by atoms with E-state index in [2.05, 4.69) is 65.8 Å². The van der Waals surface area contributed by atoms with Crippen LogP contribution in [0.3, 0.4) is 0 Å². The van der Waals surface area contributed by atoms with Crippen molar-refractivity contribution in [2.24, 2.45) is 0 Å². The summed E-state index contributed by atoms with van der Waals surface area (Å²) in [5, 5.41) is -0.364. The lowest BCUT2D eigenvalue weighted by Gasteiger charge is -2.27. The molecule has 0 aliphatic carbocycles. The van der Waals surface area contributed by atoms with Crippen molar-refractivity contribution >= 4 is 141 Å². The molecule has 5 aliphatic rings. The van der Waals surface area contributed by atoms with Crippen molar-refractivity contribution in [1.82, 2.24) is 49.8 Å². The number of ether oxygens (including phenoxy) is 5. The van der Waals surface area contributed by atoms with Crippen LogP contribution in [0.25, 0.3) is 55.2 Å². The first kappa shape index (κ1) is 90.0. The average Bonchev–Trinajstić information content (AvgIpc) is 1.61. The molecule has 132 heavy (non-hydrogen) atoms. The first-order valence-corrected chi connectivity index (χ1v) is 41.3. The molecule has 5 atom stereocenters. The predicted molar refractivity (Wildman–Crippen MR) is 475 cm³/mol. The van der Waals surface area contributed by atoms with E-state index in [9.17, 15) is 67.9 Å². The van der Waals surface area contributed by atoms with Crippen LogP contribution in [-0.2, 0) is 47.7 Å². The first-order chi connectivity index (χ1) is 63.4. The number of rotatable bonds is 15. The van der Waals surface area contributed by atoms with Gasteiger partial charge in [-0.2, -0.15) is 0 Å². The van der Waals surface area contributed by atoms with Crippen LogP contribution in [0.5, 0.6) is 0 Å². The molecule has 25 nitrogen and oxygen atoms in total. The summed E-state index contributed by atoms with van der Waals surface area (Å²) in [7, 11) is 6.90. The topological polar surface area (TPSA) is 291 Å². The number of fused-ring (bicyclic) bond motifs is 5. The van der Waals surface area contributed by atoms with Crippen molar-refractivity contribution in [3.05, 3.63) is 354 Å². The molecule has 0 bridgehead atoms. The summed E-state index contributed by atoms with van der Waals surface area (Å²) in [5.41, 5.74) is 12.4. The van der Waals surface area contributed by atoms with Crippen LogP contribution in [0.2, 0.25) is 5.02 Å². The zero-order valence-corrected chi connectivity index (χ0v) is 73.4. The van der Waals surface area contributed by atoms with Crippen LogP contribution in [0.15, 0.2) is 263 Å². The molecule has 672 valence electrons. The maximum atomic E-state index is 14.6. The summed E-state index contributed by atoms with van der Waals surface area (Å²) >= 11 is 9.46. The van der Waals surface area contributed by atoms with E-state index in [4.69, 9.17) is 35.3 Å². The summed E-state index contributed by atoms with van der Waals surface area (Å²) in [5.74, 6) is -10.2. The third-order valence-electron chi connectivity index (χ3n) is 23.1. The van der Waals surface area contributed by atoms with Gasteiger partial charge in [0.05, 0.1) is 163 Å². The fourth-order valence-electron chi connectivity index (χ4n) is 17.1. The molecule has 5 aliphatic heterocycles. The molecule has 37 heteroatoms. The Kier molecular flexibility index (Phi) is 25.0. The molecular weight excluding hydrogens is 1820 g/mol. The standard InChI is InChI=1S/C19H15BrFN3O2.C19H14ClF2N3O2.C19H14F3N3O2.2C19H15F2N3O2/c1-10-17(13-7-11(20)3-5-14(13)21)24(19(25)18(10)26-2)12-4-6-15-16(8-12)23-9-22-15;1-9-17(15-11(21)4-5-12(22)16(15)20)25(19(26)18(9)27-2)10-3-6-13-14(7-10)24-8-23-13;1-9-17(11-6-13(21)14(22)7-12(11)20)25(19(26)18(9)27-2)10-3-4-15-16(5-10)24-8-23-15;1-10-17(16-12(20)4-3-5-13(16)21)24(19(25)18(10)26-2)11-6-7-14-15(8-11)23-9-22-14;1-10-17(12-4-3-5-13(20)16(12)21)24(19(25)18(10)26-2)11-6-7-14-15(8-11)23-9-22-14/h3-9,17H,1-2H3,(H,22,23);2*3-8,17H,1-2H3,(H,23,24);2*3-9,17H,1-2H3,(H,22,23). The number of aromatic amines is 5. The number of methoxy groups -OCH3 is 5. The van der Waals surface area contributed by atoms with E-state index in [1.807, 2.05) is 12.1 Å². The third kappa shape index (κ3) is 16.1. The molecule has 0 radical (unpaired) electrons. The highest BCUT2D eigenvalue weighted by atomic mass is 79.9. The number of carbonyl (C=O) groups is 5. The summed E-state index contributed by atoms with van der Waals surface area (Å²) in [6, 6.07) is 37.3. The van der Waals surface area contributed by atoms with Crippen molar-refractivity contribution < 1.29 is 91.6 Å². The van der Waals surface area contributed by atoms with Gasteiger partial charge in [0, 0.05) is 89.1 Å². The fraction of sp³-hybridized carbons (Fsp3) is 0.158. The lowest BCUT2D eigenvalue weighted by molar-refractivity contribution is -0.118. The predicted octanol–water partition coefficient (Wildman–Crippen LogP) is 20.7. The van der Waals surface area contributed by atoms with Crippen molar-refractivity contribution in [3.8, 4) is 0 Å². The number of hydrogen-bond acceptors (Lipinski definition) is 15. The fourth-order valence-corrected chi connectivity index (χ4v) is 17.7.